The first-order valence-electron chi connectivity index (χ1n) is 4.25. The average Bonchev–Trinajstić information content (AvgIpc) is 2.65. The second-order valence-electron chi connectivity index (χ2n) is 3.02. The molecule has 0 radical (unpaired) electrons. The van der Waals surface area contributed by atoms with Crippen molar-refractivity contribution in [3.63, 3.8) is 0 Å². The Morgan fingerprint density at radius 1 is 1.31 bits per heavy atom. The van der Waals surface area contributed by atoms with Gasteiger partial charge in [0.1, 0.15) is 16.2 Å². The Bertz CT molecular complexity index is 562. The Balaban J connectivity index is 2.58. The molecule has 2 N–H and O–H groups in total. The third-order valence-electron chi connectivity index (χ3n) is 1.91. The van der Waals surface area contributed by atoms with Gasteiger partial charge in [-0.05, 0) is 18.2 Å². The summed E-state index contributed by atoms with van der Waals surface area (Å²) in [5.41, 5.74) is 0.288. The Morgan fingerprint density at radius 3 is 2.69 bits per heavy atom. The van der Waals surface area contributed by atoms with Crippen molar-refractivity contribution in [1.29, 1.82) is 0 Å². The van der Waals surface area contributed by atoms with Gasteiger partial charge in [0.25, 0.3) is 0 Å². The molecule has 0 amide bonds. The molecule has 0 atom stereocenters. The van der Waals surface area contributed by atoms with Gasteiger partial charge in [0.15, 0.2) is 5.76 Å². The molecule has 7 heteroatoms. The van der Waals surface area contributed by atoms with E-state index in [1.165, 1.54) is 12.3 Å². The van der Waals surface area contributed by atoms with E-state index in [0.717, 1.165) is 0 Å². The molecule has 0 aliphatic carbocycles. The minimum Gasteiger partial charge on any atom is -0.462 e. The summed E-state index contributed by atoms with van der Waals surface area (Å²) < 4.78 is 16.2. The maximum Gasteiger partial charge on any atom is 0.360 e. The zero-order valence-corrected chi connectivity index (χ0v) is 9.52. The number of halogens is 1. The van der Waals surface area contributed by atoms with Gasteiger partial charge in [0.2, 0.25) is 0 Å². The second kappa shape index (κ2) is 4.03. The first kappa shape index (κ1) is 11.4. The van der Waals surface area contributed by atoms with Crippen LogP contribution in [0.15, 0.2) is 34.9 Å². The normalized spacial score (nSPS) is 11.7. The Morgan fingerprint density at radius 2 is 2.06 bits per heavy atom. The lowest BCUT2D eigenvalue weighted by Crippen LogP contribution is -2.04. The summed E-state index contributed by atoms with van der Waals surface area (Å²) in [5, 5.41) is 0.0350. The van der Waals surface area contributed by atoms with Crippen molar-refractivity contribution < 1.29 is 18.8 Å². The highest BCUT2D eigenvalue weighted by molar-refractivity contribution is 7.60. The fourth-order valence-electron chi connectivity index (χ4n) is 1.26. The molecule has 2 rings (SSSR count). The number of nitrogens with zero attached hydrogens (tertiary/aromatic N) is 1. The lowest BCUT2D eigenvalue weighted by atomic mass is 10.3. The molecule has 0 unspecified atom stereocenters. The van der Waals surface area contributed by atoms with Gasteiger partial charge < -0.3 is 14.2 Å². The van der Waals surface area contributed by atoms with Gasteiger partial charge in [-0.1, -0.05) is 17.7 Å². The maximum absolute atomic E-state index is 11.1. The summed E-state index contributed by atoms with van der Waals surface area (Å²) in [7, 11) is -4.37. The van der Waals surface area contributed by atoms with Gasteiger partial charge in [-0.2, -0.15) is 0 Å². The van der Waals surface area contributed by atoms with Crippen molar-refractivity contribution >= 4 is 24.5 Å². The van der Waals surface area contributed by atoms with E-state index < -0.39 is 7.60 Å². The third kappa shape index (κ3) is 2.18. The summed E-state index contributed by atoms with van der Waals surface area (Å²) in [4.78, 5) is 22.1. The minimum absolute atomic E-state index is 0.0378. The summed E-state index contributed by atoms with van der Waals surface area (Å²) >= 11 is 5.68. The van der Waals surface area contributed by atoms with Crippen LogP contribution in [0.4, 0.5) is 0 Å². The molecule has 0 spiro atoms. The molecule has 0 saturated heterocycles. The van der Waals surface area contributed by atoms with Crippen LogP contribution in [-0.2, 0) is 4.57 Å². The fourth-order valence-corrected chi connectivity index (χ4v) is 2.11. The topological polar surface area (TPSA) is 83.6 Å². The molecule has 5 nitrogen and oxygen atoms in total. The standard InChI is InChI=1S/C9H7ClNO4P/c10-8-3-1-2-6(11-8)9-7(4-5-15-9)16(12,13)14/h1-5H,(H2,12,13,14). The molecular weight excluding hydrogens is 253 g/mol. The van der Waals surface area contributed by atoms with E-state index in [1.54, 1.807) is 18.2 Å². The maximum atomic E-state index is 11.1. The highest BCUT2D eigenvalue weighted by Gasteiger charge is 2.25. The number of aromatic nitrogens is 1. The van der Waals surface area contributed by atoms with Crippen LogP contribution >= 0.6 is 19.2 Å². The van der Waals surface area contributed by atoms with E-state index >= 15 is 0 Å². The third-order valence-corrected chi connectivity index (χ3v) is 3.10. The van der Waals surface area contributed by atoms with Crippen molar-refractivity contribution in [2.75, 3.05) is 0 Å². The van der Waals surface area contributed by atoms with Crippen LogP contribution in [-0.4, -0.2) is 14.8 Å². The summed E-state index contributed by atoms with van der Waals surface area (Å²) in [5.74, 6) is 0.0378. The molecule has 16 heavy (non-hydrogen) atoms. The predicted molar refractivity (Wildman–Crippen MR) is 58.6 cm³/mol. The summed E-state index contributed by atoms with van der Waals surface area (Å²) in [6.07, 6.45) is 1.20. The molecule has 0 aromatic carbocycles. The van der Waals surface area contributed by atoms with E-state index in [-0.39, 0.29) is 21.9 Å². The molecule has 2 aromatic heterocycles. The van der Waals surface area contributed by atoms with Crippen molar-refractivity contribution in [3.05, 3.63) is 35.7 Å². The molecule has 0 saturated carbocycles. The smallest absolute Gasteiger partial charge is 0.360 e. The highest BCUT2D eigenvalue weighted by Crippen LogP contribution is 2.38. The van der Waals surface area contributed by atoms with Crippen molar-refractivity contribution in [3.8, 4) is 11.5 Å². The molecule has 0 aliphatic rings. The molecule has 0 bridgehead atoms. The largest absolute Gasteiger partial charge is 0.462 e. The number of hydrogen-bond acceptors (Lipinski definition) is 3. The van der Waals surface area contributed by atoms with E-state index in [9.17, 15) is 4.57 Å². The zero-order valence-electron chi connectivity index (χ0n) is 7.87. The number of hydrogen-bond donors (Lipinski definition) is 2. The van der Waals surface area contributed by atoms with Gasteiger partial charge in [0, 0.05) is 0 Å². The van der Waals surface area contributed by atoms with Crippen LogP contribution in [0.25, 0.3) is 11.5 Å². The monoisotopic (exact) mass is 259 g/mol. The van der Waals surface area contributed by atoms with Crippen LogP contribution in [0.3, 0.4) is 0 Å². The number of pyridine rings is 1. The van der Waals surface area contributed by atoms with E-state index in [1.807, 2.05) is 0 Å². The van der Waals surface area contributed by atoms with Gasteiger partial charge in [-0.3, -0.25) is 4.57 Å². The van der Waals surface area contributed by atoms with Gasteiger partial charge in [-0.15, -0.1) is 0 Å². The average molecular weight is 260 g/mol. The Labute approximate surface area is 95.9 Å². The van der Waals surface area contributed by atoms with Gasteiger partial charge >= 0.3 is 7.60 Å². The van der Waals surface area contributed by atoms with E-state index in [4.69, 9.17) is 25.8 Å². The van der Waals surface area contributed by atoms with E-state index in [2.05, 4.69) is 4.98 Å². The van der Waals surface area contributed by atoms with Crippen LogP contribution in [0.5, 0.6) is 0 Å². The molecule has 84 valence electrons. The molecular formula is C9H7ClNO4P. The number of rotatable bonds is 2. The van der Waals surface area contributed by atoms with Crippen LogP contribution in [0.1, 0.15) is 0 Å². The first-order valence-corrected chi connectivity index (χ1v) is 6.24. The van der Waals surface area contributed by atoms with Crippen LogP contribution in [0, 0.1) is 0 Å². The van der Waals surface area contributed by atoms with Gasteiger partial charge in [-0.25, -0.2) is 4.98 Å². The van der Waals surface area contributed by atoms with Crippen molar-refractivity contribution in [2.24, 2.45) is 0 Å². The van der Waals surface area contributed by atoms with Crippen LogP contribution in [0.2, 0.25) is 5.15 Å². The SMILES string of the molecule is O=P(O)(O)c1ccoc1-c1cccc(Cl)n1. The molecule has 2 heterocycles. The van der Waals surface area contributed by atoms with Crippen molar-refractivity contribution in [1.82, 2.24) is 4.98 Å². The van der Waals surface area contributed by atoms with Gasteiger partial charge in [0.05, 0.1) is 6.26 Å². The van der Waals surface area contributed by atoms with E-state index in [0.29, 0.717) is 0 Å². The van der Waals surface area contributed by atoms with Crippen LogP contribution < -0.4 is 5.30 Å². The van der Waals surface area contributed by atoms with Crippen molar-refractivity contribution in [2.45, 2.75) is 0 Å². The fraction of sp³-hybridized carbons (Fsp3) is 0. The lowest BCUT2D eigenvalue weighted by molar-refractivity contribution is 0.387. The number of furan rings is 1. The minimum atomic E-state index is -4.37. The summed E-state index contributed by atoms with van der Waals surface area (Å²) in [6, 6.07) is 5.96. The molecule has 0 fully saturated rings. The lowest BCUT2D eigenvalue weighted by Gasteiger charge is -2.03. The molecule has 2 aromatic rings. The Hall–Kier alpha value is -1.13. The second-order valence-corrected chi connectivity index (χ2v) is 4.98. The zero-order chi connectivity index (χ0) is 11.8. The quantitative estimate of drug-likeness (QED) is 0.635. The first-order chi connectivity index (χ1) is 7.48. The molecule has 0 aliphatic heterocycles. The predicted octanol–water partition coefficient (Wildman–Crippen LogP) is 1.80. The Kier molecular flexibility index (Phi) is 2.86. The summed E-state index contributed by atoms with van der Waals surface area (Å²) in [6.45, 7) is 0. The highest BCUT2D eigenvalue weighted by atomic mass is 35.5.